The van der Waals surface area contributed by atoms with E-state index in [1.54, 1.807) is 14.2 Å². The van der Waals surface area contributed by atoms with Gasteiger partial charge < -0.3 is 19.3 Å². The van der Waals surface area contributed by atoms with Gasteiger partial charge in [0, 0.05) is 55.6 Å². The SMILES string of the molecule is [CH2]CCC[C@H](c1ccc(OC)c(OC)c1)N1Cc2c(cccc2N2CCN(C(C)C)CC2)C1=O. The van der Waals surface area contributed by atoms with E-state index in [4.69, 9.17) is 9.47 Å². The molecule has 1 atom stereocenters. The maximum absolute atomic E-state index is 13.7. The number of carbonyl (C=O) groups is 1. The van der Waals surface area contributed by atoms with Gasteiger partial charge in [-0.05, 0) is 50.1 Å². The van der Waals surface area contributed by atoms with Crippen LogP contribution in [0.5, 0.6) is 11.5 Å². The lowest BCUT2D eigenvalue weighted by Gasteiger charge is -2.38. The van der Waals surface area contributed by atoms with Crippen molar-refractivity contribution < 1.29 is 14.3 Å². The molecule has 2 aliphatic rings. The molecule has 0 saturated carbocycles. The number of rotatable bonds is 9. The molecule has 0 unspecified atom stereocenters. The van der Waals surface area contributed by atoms with Crippen molar-refractivity contribution in [3.8, 4) is 11.5 Å². The van der Waals surface area contributed by atoms with Crippen LogP contribution in [0.25, 0.3) is 0 Å². The molecule has 1 radical (unpaired) electrons. The Kier molecular flexibility index (Phi) is 7.67. The maximum atomic E-state index is 13.7. The van der Waals surface area contributed by atoms with Crippen molar-refractivity contribution in [2.75, 3.05) is 45.3 Å². The largest absolute Gasteiger partial charge is 0.493 e. The summed E-state index contributed by atoms with van der Waals surface area (Å²) in [5, 5.41) is 0. The van der Waals surface area contributed by atoms with Gasteiger partial charge in [0.25, 0.3) is 5.91 Å². The quantitative estimate of drug-likeness (QED) is 0.526. The second-order valence-corrected chi connectivity index (χ2v) is 9.48. The fourth-order valence-corrected chi connectivity index (χ4v) is 5.27. The van der Waals surface area contributed by atoms with E-state index in [1.165, 1.54) is 5.69 Å². The minimum atomic E-state index is -0.0351. The molecule has 2 aliphatic heterocycles. The molecule has 2 aromatic carbocycles. The van der Waals surface area contributed by atoms with E-state index < -0.39 is 0 Å². The fourth-order valence-electron chi connectivity index (χ4n) is 5.27. The third-order valence-electron chi connectivity index (χ3n) is 7.25. The van der Waals surface area contributed by atoms with Crippen molar-refractivity contribution in [1.29, 1.82) is 0 Å². The number of unbranched alkanes of at least 4 members (excludes halogenated alkanes) is 1. The molecule has 0 N–H and O–H groups in total. The van der Waals surface area contributed by atoms with Crippen molar-refractivity contribution in [3.05, 3.63) is 60.0 Å². The zero-order chi connectivity index (χ0) is 24.2. The lowest BCUT2D eigenvalue weighted by Crippen LogP contribution is -2.49. The van der Waals surface area contributed by atoms with Crippen LogP contribution in [0, 0.1) is 6.92 Å². The summed E-state index contributed by atoms with van der Waals surface area (Å²) in [4.78, 5) is 20.7. The number of amides is 1. The van der Waals surface area contributed by atoms with E-state index in [9.17, 15) is 4.79 Å². The topological polar surface area (TPSA) is 45.3 Å². The van der Waals surface area contributed by atoms with Crippen molar-refractivity contribution >= 4 is 11.6 Å². The number of piperazine rings is 1. The predicted octanol–water partition coefficient (Wildman–Crippen LogP) is 4.94. The van der Waals surface area contributed by atoms with Gasteiger partial charge in [0.1, 0.15) is 0 Å². The van der Waals surface area contributed by atoms with E-state index in [-0.39, 0.29) is 11.9 Å². The van der Waals surface area contributed by atoms with Crippen molar-refractivity contribution in [2.24, 2.45) is 0 Å². The molecule has 34 heavy (non-hydrogen) atoms. The highest BCUT2D eigenvalue weighted by molar-refractivity contribution is 6.00. The van der Waals surface area contributed by atoms with Crippen molar-refractivity contribution in [1.82, 2.24) is 9.80 Å². The smallest absolute Gasteiger partial charge is 0.255 e. The Balaban J connectivity index is 1.62. The van der Waals surface area contributed by atoms with Crippen LogP contribution in [0.1, 0.15) is 60.6 Å². The van der Waals surface area contributed by atoms with Crippen LogP contribution in [0.2, 0.25) is 0 Å². The molecular weight excluding hydrogens is 426 g/mol. The van der Waals surface area contributed by atoms with E-state index >= 15 is 0 Å². The molecule has 2 aromatic rings. The average molecular weight is 465 g/mol. The highest BCUT2D eigenvalue weighted by atomic mass is 16.5. The maximum Gasteiger partial charge on any atom is 0.255 e. The summed E-state index contributed by atoms with van der Waals surface area (Å²) in [6, 6.07) is 12.7. The van der Waals surface area contributed by atoms with Crippen LogP contribution in [-0.4, -0.2) is 62.1 Å². The molecule has 4 rings (SSSR count). The van der Waals surface area contributed by atoms with Gasteiger partial charge in [-0.3, -0.25) is 9.69 Å². The summed E-state index contributed by atoms with van der Waals surface area (Å²) in [7, 11) is 3.29. The monoisotopic (exact) mass is 464 g/mol. The average Bonchev–Trinajstić information content (AvgIpc) is 3.20. The number of benzene rings is 2. The van der Waals surface area contributed by atoms with Crippen LogP contribution in [0.4, 0.5) is 5.69 Å². The van der Waals surface area contributed by atoms with Crippen LogP contribution in [0.15, 0.2) is 36.4 Å². The fraction of sp³-hybridized carbons (Fsp3) is 0.500. The van der Waals surface area contributed by atoms with Crippen LogP contribution in [-0.2, 0) is 6.54 Å². The standard InChI is InChI=1S/C28H38N3O3/c1-6-7-10-24(21-12-13-26(33-4)27(18-21)34-5)31-19-23-22(28(31)32)9-8-11-25(23)30-16-14-29(15-17-30)20(2)3/h8-9,11-13,18,20,24H,1,6-7,10,14-17,19H2,2-5H3/t24-/m1/s1. The molecule has 183 valence electrons. The first-order valence-corrected chi connectivity index (χ1v) is 12.4. The summed E-state index contributed by atoms with van der Waals surface area (Å²) >= 11 is 0. The lowest BCUT2D eigenvalue weighted by molar-refractivity contribution is 0.0689. The summed E-state index contributed by atoms with van der Waals surface area (Å²) in [5.74, 6) is 1.50. The van der Waals surface area contributed by atoms with Gasteiger partial charge in [-0.2, -0.15) is 0 Å². The molecule has 6 heteroatoms. The number of fused-ring (bicyclic) bond motifs is 1. The van der Waals surface area contributed by atoms with Gasteiger partial charge in [0.2, 0.25) is 0 Å². The second-order valence-electron chi connectivity index (χ2n) is 9.48. The van der Waals surface area contributed by atoms with Crippen LogP contribution >= 0.6 is 0 Å². The van der Waals surface area contributed by atoms with Crippen molar-refractivity contribution in [3.63, 3.8) is 0 Å². The van der Waals surface area contributed by atoms with Gasteiger partial charge in [-0.25, -0.2) is 0 Å². The highest BCUT2D eigenvalue weighted by Gasteiger charge is 2.36. The number of nitrogens with zero attached hydrogens (tertiary/aromatic N) is 3. The number of anilines is 1. The summed E-state index contributed by atoms with van der Waals surface area (Å²) < 4.78 is 11.0. The lowest BCUT2D eigenvalue weighted by atomic mass is 9.99. The molecule has 6 nitrogen and oxygen atoms in total. The number of carbonyl (C=O) groups excluding carboxylic acids is 1. The molecule has 1 saturated heterocycles. The molecule has 0 spiro atoms. The minimum Gasteiger partial charge on any atom is -0.493 e. The third kappa shape index (κ3) is 4.74. The molecule has 0 aliphatic carbocycles. The Bertz CT molecular complexity index is 998. The second kappa shape index (κ2) is 10.7. The molecule has 0 aromatic heterocycles. The van der Waals surface area contributed by atoms with Crippen LogP contribution < -0.4 is 14.4 Å². The Morgan fingerprint density at radius 3 is 2.38 bits per heavy atom. The first-order valence-electron chi connectivity index (χ1n) is 12.4. The first-order chi connectivity index (χ1) is 16.5. The molecule has 1 amide bonds. The van der Waals surface area contributed by atoms with E-state index in [2.05, 4.69) is 42.7 Å². The van der Waals surface area contributed by atoms with Gasteiger partial charge in [0.05, 0.1) is 20.3 Å². The summed E-state index contributed by atoms with van der Waals surface area (Å²) in [5.41, 5.74) is 4.27. The normalized spacial score (nSPS) is 17.3. The van der Waals surface area contributed by atoms with Gasteiger partial charge in [0.15, 0.2) is 11.5 Å². The number of hydrogen-bond acceptors (Lipinski definition) is 5. The van der Waals surface area contributed by atoms with Crippen molar-refractivity contribution in [2.45, 2.75) is 51.7 Å². The zero-order valence-corrected chi connectivity index (χ0v) is 21.0. The molecule has 2 heterocycles. The van der Waals surface area contributed by atoms with E-state index in [0.717, 1.165) is 62.1 Å². The number of methoxy groups -OCH3 is 2. The Labute approximate surface area is 204 Å². The minimum absolute atomic E-state index is 0.0351. The number of ether oxygens (including phenoxy) is 2. The Hall–Kier alpha value is -2.73. The van der Waals surface area contributed by atoms with Gasteiger partial charge in [-0.15, -0.1) is 0 Å². The zero-order valence-electron chi connectivity index (χ0n) is 21.0. The Morgan fingerprint density at radius 1 is 1.00 bits per heavy atom. The Morgan fingerprint density at radius 2 is 1.74 bits per heavy atom. The molecule has 1 fully saturated rings. The highest BCUT2D eigenvalue weighted by Crippen LogP contribution is 2.40. The van der Waals surface area contributed by atoms with Crippen LogP contribution in [0.3, 0.4) is 0 Å². The number of hydrogen-bond donors (Lipinski definition) is 0. The van der Waals surface area contributed by atoms with E-state index in [0.29, 0.717) is 24.1 Å². The first kappa shape index (κ1) is 24.4. The third-order valence-corrected chi connectivity index (χ3v) is 7.25. The predicted molar refractivity (Wildman–Crippen MR) is 137 cm³/mol. The molecule has 0 bridgehead atoms. The van der Waals surface area contributed by atoms with Gasteiger partial charge in [-0.1, -0.05) is 31.9 Å². The summed E-state index contributed by atoms with van der Waals surface area (Å²) in [6.45, 7) is 13.3. The van der Waals surface area contributed by atoms with Gasteiger partial charge >= 0.3 is 0 Å². The molecular formula is C28H38N3O3. The van der Waals surface area contributed by atoms with E-state index in [1.807, 2.05) is 29.2 Å². The summed E-state index contributed by atoms with van der Waals surface area (Å²) in [6.07, 6.45) is 2.65.